The van der Waals surface area contributed by atoms with E-state index in [0.717, 1.165) is 23.8 Å². The topological polar surface area (TPSA) is 78.4 Å². The Hall–Kier alpha value is -2.63. The Bertz CT molecular complexity index is 644. The third-order valence-electron chi connectivity index (χ3n) is 2.62. The van der Waals surface area contributed by atoms with E-state index in [9.17, 15) is 14.5 Å². The van der Waals surface area contributed by atoms with Crippen LogP contribution in [0.4, 0.5) is 15.8 Å². The minimum absolute atomic E-state index is 0.178. The second kappa shape index (κ2) is 4.93. The molecule has 0 aromatic heterocycles. The molecule has 19 heavy (non-hydrogen) atoms. The standard InChI is InChI=1S/C13H11FN2O3/c1-8-3-2-4-11(13(8)15)19-12-7-9(14)5-6-10(12)16(17)18/h2-7H,15H2,1H3. The van der Waals surface area contributed by atoms with Crippen molar-refractivity contribution in [1.29, 1.82) is 0 Å². The number of para-hydroxylation sites is 1. The largest absolute Gasteiger partial charge is 0.448 e. The summed E-state index contributed by atoms with van der Waals surface area (Å²) in [7, 11) is 0. The number of nitrogen functional groups attached to an aromatic ring is 1. The number of hydrogen-bond acceptors (Lipinski definition) is 4. The first-order chi connectivity index (χ1) is 8.99. The Morgan fingerprint density at radius 1 is 1.26 bits per heavy atom. The van der Waals surface area contributed by atoms with E-state index in [1.165, 1.54) is 0 Å². The van der Waals surface area contributed by atoms with E-state index in [1.54, 1.807) is 25.1 Å². The predicted molar refractivity (Wildman–Crippen MR) is 68.7 cm³/mol. The van der Waals surface area contributed by atoms with E-state index in [1.807, 2.05) is 0 Å². The zero-order valence-electron chi connectivity index (χ0n) is 10.1. The molecule has 0 radical (unpaired) electrons. The molecule has 0 atom stereocenters. The van der Waals surface area contributed by atoms with Gasteiger partial charge in [-0.3, -0.25) is 10.1 Å². The molecule has 0 heterocycles. The highest BCUT2D eigenvalue weighted by molar-refractivity contribution is 5.60. The third kappa shape index (κ3) is 2.62. The average Bonchev–Trinajstić information content (AvgIpc) is 2.35. The van der Waals surface area contributed by atoms with Gasteiger partial charge in [-0.15, -0.1) is 0 Å². The predicted octanol–water partition coefficient (Wildman–Crippen LogP) is 3.42. The van der Waals surface area contributed by atoms with Gasteiger partial charge in [-0.2, -0.15) is 0 Å². The second-order valence-corrected chi connectivity index (χ2v) is 3.96. The summed E-state index contributed by atoms with van der Waals surface area (Å²) in [5, 5.41) is 10.8. The first kappa shape index (κ1) is 12.8. The van der Waals surface area contributed by atoms with E-state index < -0.39 is 10.7 Å². The zero-order valence-corrected chi connectivity index (χ0v) is 10.1. The van der Waals surface area contributed by atoms with Gasteiger partial charge in [0.25, 0.3) is 0 Å². The molecule has 2 N–H and O–H groups in total. The van der Waals surface area contributed by atoms with Crippen LogP contribution in [0.5, 0.6) is 11.5 Å². The van der Waals surface area contributed by atoms with Crippen LogP contribution in [-0.2, 0) is 0 Å². The minimum Gasteiger partial charge on any atom is -0.448 e. The van der Waals surface area contributed by atoms with Crippen molar-refractivity contribution in [2.45, 2.75) is 6.92 Å². The van der Waals surface area contributed by atoms with E-state index in [4.69, 9.17) is 10.5 Å². The summed E-state index contributed by atoms with van der Waals surface area (Å²) in [6.07, 6.45) is 0. The second-order valence-electron chi connectivity index (χ2n) is 3.96. The highest BCUT2D eigenvalue weighted by Gasteiger charge is 2.17. The molecule has 0 aliphatic carbocycles. The first-order valence-corrected chi connectivity index (χ1v) is 5.46. The molecule has 0 saturated carbocycles. The number of ether oxygens (including phenoxy) is 1. The van der Waals surface area contributed by atoms with Crippen LogP contribution >= 0.6 is 0 Å². The lowest BCUT2D eigenvalue weighted by Crippen LogP contribution is -1.98. The number of nitro benzene ring substituents is 1. The number of benzene rings is 2. The smallest absolute Gasteiger partial charge is 0.311 e. The normalized spacial score (nSPS) is 10.2. The molecule has 0 spiro atoms. The van der Waals surface area contributed by atoms with E-state index in [-0.39, 0.29) is 17.2 Å². The van der Waals surface area contributed by atoms with Gasteiger partial charge in [0, 0.05) is 12.1 Å². The number of hydrogen-bond donors (Lipinski definition) is 1. The van der Waals surface area contributed by atoms with Gasteiger partial charge in [0.1, 0.15) is 5.82 Å². The number of halogens is 1. The van der Waals surface area contributed by atoms with Gasteiger partial charge in [0.05, 0.1) is 10.6 Å². The lowest BCUT2D eigenvalue weighted by molar-refractivity contribution is -0.385. The van der Waals surface area contributed by atoms with Crippen molar-refractivity contribution >= 4 is 11.4 Å². The lowest BCUT2D eigenvalue weighted by atomic mass is 10.2. The van der Waals surface area contributed by atoms with Crippen LogP contribution in [0.3, 0.4) is 0 Å². The zero-order chi connectivity index (χ0) is 14.0. The molecule has 0 bridgehead atoms. The minimum atomic E-state index is -0.638. The first-order valence-electron chi connectivity index (χ1n) is 5.46. The number of nitrogens with two attached hydrogens (primary N) is 1. The van der Waals surface area contributed by atoms with E-state index in [2.05, 4.69) is 0 Å². The Balaban J connectivity index is 2.45. The van der Waals surface area contributed by atoms with Gasteiger partial charge in [-0.1, -0.05) is 12.1 Å². The molecule has 0 unspecified atom stereocenters. The fourth-order valence-corrected chi connectivity index (χ4v) is 1.58. The summed E-state index contributed by atoms with van der Waals surface area (Å²) < 4.78 is 18.5. The molecule has 0 saturated heterocycles. The summed E-state index contributed by atoms with van der Waals surface area (Å²) in [6, 6.07) is 8.06. The molecule has 0 aliphatic heterocycles. The van der Waals surface area contributed by atoms with Crippen LogP contribution in [0.1, 0.15) is 5.56 Å². The van der Waals surface area contributed by atoms with Crippen molar-refractivity contribution < 1.29 is 14.1 Å². The molecular weight excluding hydrogens is 251 g/mol. The summed E-state index contributed by atoms with van der Waals surface area (Å²) in [4.78, 5) is 10.2. The summed E-state index contributed by atoms with van der Waals surface area (Å²) >= 11 is 0. The van der Waals surface area contributed by atoms with Crippen LogP contribution in [0, 0.1) is 22.9 Å². The lowest BCUT2D eigenvalue weighted by Gasteiger charge is -2.10. The van der Waals surface area contributed by atoms with Crippen molar-refractivity contribution in [3.05, 3.63) is 57.9 Å². The van der Waals surface area contributed by atoms with Crippen LogP contribution < -0.4 is 10.5 Å². The summed E-state index contributed by atoms with van der Waals surface area (Å²) in [5.41, 5.74) is 6.63. The maximum absolute atomic E-state index is 13.2. The van der Waals surface area contributed by atoms with Crippen LogP contribution in [0.2, 0.25) is 0 Å². The van der Waals surface area contributed by atoms with Crippen molar-refractivity contribution in [3.8, 4) is 11.5 Å². The van der Waals surface area contributed by atoms with Gasteiger partial charge in [0.15, 0.2) is 5.75 Å². The van der Waals surface area contributed by atoms with Gasteiger partial charge in [-0.25, -0.2) is 4.39 Å². The van der Waals surface area contributed by atoms with Crippen molar-refractivity contribution in [3.63, 3.8) is 0 Å². The van der Waals surface area contributed by atoms with E-state index >= 15 is 0 Å². The number of nitrogens with zero attached hydrogens (tertiary/aromatic N) is 1. The monoisotopic (exact) mass is 262 g/mol. The van der Waals surface area contributed by atoms with Gasteiger partial charge >= 0.3 is 5.69 Å². The molecule has 5 nitrogen and oxygen atoms in total. The Morgan fingerprint density at radius 3 is 2.68 bits per heavy atom. The number of nitro groups is 1. The fourth-order valence-electron chi connectivity index (χ4n) is 1.58. The molecule has 0 amide bonds. The third-order valence-corrected chi connectivity index (χ3v) is 2.62. The number of aryl methyl sites for hydroxylation is 1. The molecular formula is C13H11FN2O3. The van der Waals surface area contributed by atoms with Crippen molar-refractivity contribution in [2.24, 2.45) is 0 Å². The molecule has 0 aliphatic rings. The Kier molecular flexibility index (Phi) is 3.33. The van der Waals surface area contributed by atoms with Crippen molar-refractivity contribution in [1.82, 2.24) is 0 Å². The Labute approximate surface area is 108 Å². The fraction of sp³-hybridized carbons (Fsp3) is 0.0769. The molecule has 2 aromatic rings. The van der Waals surface area contributed by atoms with Crippen LogP contribution in [-0.4, -0.2) is 4.92 Å². The SMILES string of the molecule is Cc1cccc(Oc2cc(F)ccc2[N+](=O)[O-])c1N. The van der Waals surface area contributed by atoms with Gasteiger partial charge < -0.3 is 10.5 Å². The summed E-state index contributed by atoms with van der Waals surface area (Å²) in [5.74, 6) is -0.539. The van der Waals surface area contributed by atoms with Gasteiger partial charge in [0.2, 0.25) is 5.75 Å². The number of rotatable bonds is 3. The molecule has 98 valence electrons. The van der Waals surface area contributed by atoms with Crippen LogP contribution in [0.15, 0.2) is 36.4 Å². The molecule has 6 heteroatoms. The van der Waals surface area contributed by atoms with Crippen LogP contribution in [0.25, 0.3) is 0 Å². The quantitative estimate of drug-likeness (QED) is 0.522. The molecule has 2 rings (SSSR count). The average molecular weight is 262 g/mol. The summed E-state index contributed by atoms with van der Waals surface area (Å²) in [6.45, 7) is 1.78. The van der Waals surface area contributed by atoms with Crippen molar-refractivity contribution in [2.75, 3.05) is 5.73 Å². The number of anilines is 1. The maximum Gasteiger partial charge on any atom is 0.311 e. The van der Waals surface area contributed by atoms with E-state index in [0.29, 0.717) is 5.69 Å². The molecule has 0 fully saturated rings. The highest BCUT2D eigenvalue weighted by atomic mass is 19.1. The van der Waals surface area contributed by atoms with Gasteiger partial charge in [-0.05, 0) is 24.6 Å². The Morgan fingerprint density at radius 2 is 2.00 bits per heavy atom. The highest BCUT2D eigenvalue weighted by Crippen LogP contribution is 2.35. The maximum atomic E-state index is 13.2. The molecule has 2 aromatic carbocycles.